The number of rotatable bonds is 7. The SMILES string of the molecule is CCC(C)NS(=O)(=O)c1ccc(C(=O)N[C@@H]2CC[C@H](C(=O)O)C2)cc1. The van der Waals surface area contributed by atoms with Gasteiger partial charge < -0.3 is 10.4 Å². The molecule has 1 aliphatic carbocycles. The smallest absolute Gasteiger partial charge is 0.306 e. The first kappa shape index (κ1) is 19.4. The van der Waals surface area contributed by atoms with Gasteiger partial charge in [0.25, 0.3) is 5.91 Å². The maximum Gasteiger partial charge on any atom is 0.306 e. The van der Waals surface area contributed by atoms with Crippen molar-refractivity contribution in [2.45, 2.75) is 56.5 Å². The van der Waals surface area contributed by atoms with Gasteiger partial charge in [-0.3, -0.25) is 9.59 Å². The molecule has 0 radical (unpaired) electrons. The molecule has 1 aliphatic rings. The van der Waals surface area contributed by atoms with E-state index in [9.17, 15) is 18.0 Å². The number of carboxylic acids is 1. The van der Waals surface area contributed by atoms with Crippen LogP contribution in [-0.2, 0) is 14.8 Å². The minimum atomic E-state index is -3.60. The lowest BCUT2D eigenvalue weighted by molar-refractivity contribution is -0.141. The lowest BCUT2D eigenvalue weighted by Gasteiger charge is -2.14. The van der Waals surface area contributed by atoms with E-state index in [2.05, 4.69) is 10.0 Å². The molecule has 3 atom stereocenters. The van der Waals surface area contributed by atoms with Crippen LogP contribution in [0, 0.1) is 5.92 Å². The second-order valence-electron chi connectivity index (χ2n) is 6.47. The molecular weight excluding hydrogens is 344 g/mol. The molecule has 1 saturated carbocycles. The Kier molecular flexibility index (Phi) is 6.18. The zero-order valence-corrected chi connectivity index (χ0v) is 15.2. The van der Waals surface area contributed by atoms with Gasteiger partial charge in [0.05, 0.1) is 10.8 Å². The standard InChI is InChI=1S/C17H24N2O5S/c1-3-11(2)19-25(23,24)15-8-5-12(6-9-15)16(20)18-14-7-4-13(10-14)17(21)22/h5-6,8-9,11,13-14,19H,3-4,7,10H2,1-2H3,(H,18,20)(H,21,22)/t11?,13-,14+/m0/s1. The van der Waals surface area contributed by atoms with Crippen molar-refractivity contribution in [3.63, 3.8) is 0 Å². The molecule has 2 rings (SSSR count). The summed E-state index contributed by atoms with van der Waals surface area (Å²) >= 11 is 0. The number of amides is 1. The van der Waals surface area contributed by atoms with Crippen molar-refractivity contribution in [3.05, 3.63) is 29.8 Å². The van der Waals surface area contributed by atoms with E-state index in [4.69, 9.17) is 5.11 Å². The Morgan fingerprint density at radius 3 is 2.40 bits per heavy atom. The molecule has 0 heterocycles. The average Bonchev–Trinajstić information content (AvgIpc) is 3.03. The molecule has 0 bridgehead atoms. The summed E-state index contributed by atoms with van der Waals surface area (Å²) in [4.78, 5) is 23.3. The highest BCUT2D eigenvalue weighted by molar-refractivity contribution is 7.89. The average molecular weight is 368 g/mol. The summed E-state index contributed by atoms with van der Waals surface area (Å²) in [6, 6.07) is 5.39. The molecule has 1 fully saturated rings. The lowest BCUT2D eigenvalue weighted by Crippen LogP contribution is -2.33. The number of hydrogen-bond acceptors (Lipinski definition) is 4. The molecule has 0 saturated heterocycles. The van der Waals surface area contributed by atoms with Crippen molar-refractivity contribution in [3.8, 4) is 0 Å². The van der Waals surface area contributed by atoms with Crippen molar-refractivity contribution in [2.75, 3.05) is 0 Å². The zero-order chi connectivity index (χ0) is 18.6. The number of hydrogen-bond donors (Lipinski definition) is 3. The van der Waals surface area contributed by atoms with E-state index < -0.39 is 21.9 Å². The number of carbonyl (C=O) groups is 2. The van der Waals surface area contributed by atoms with Crippen molar-refractivity contribution in [1.29, 1.82) is 0 Å². The van der Waals surface area contributed by atoms with Crippen LogP contribution in [0.25, 0.3) is 0 Å². The summed E-state index contributed by atoms with van der Waals surface area (Å²) in [5.41, 5.74) is 0.348. The second kappa shape index (κ2) is 7.97. The maximum atomic E-state index is 12.2. The molecule has 0 aliphatic heterocycles. The van der Waals surface area contributed by atoms with E-state index in [0.717, 1.165) is 0 Å². The third kappa shape index (κ3) is 5.02. The van der Waals surface area contributed by atoms with Gasteiger partial charge in [-0.25, -0.2) is 13.1 Å². The van der Waals surface area contributed by atoms with Gasteiger partial charge in [-0.1, -0.05) is 6.92 Å². The molecular formula is C17H24N2O5S. The summed E-state index contributed by atoms with van der Waals surface area (Å²) in [6.45, 7) is 3.67. The first-order valence-corrected chi connectivity index (χ1v) is 9.87. The molecule has 1 amide bonds. The van der Waals surface area contributed by atoms with Crippen molar-refractivity contribution < 1.29 is 23.1 Å². The third-order valence-corrected chi connectivity index (χ3v) is 6.12. The first-order valence-electron chi connectivity index (χ1n) is 8.39. The molecule has 3 N–H and O–H groups in total. The summed E-state index contributed by atoms with van der Waals surface area (Å²) in [5, 5.41) is 11.8. The molecule has 138 valence electrons. The van der Waals surface area contributed by atoms with Gasteiger partial charge in [-0.2, -0.15) is 0 Å². The highest BCUT2D eigenvalue weighted by Crippen LogP contribution is 2.26. The van der Waals surface area contributed by atoms with Crippen LogP contribution >= 0.6 is 0 Å². The van der Waals surface area contributed by atoms with Crippen LogP contribution in [0.15, 0.2) is 29.2 Å². The van der Waals surface area contributed by atoms with Gasteiger partial charge in [0, 0.05) is 17.6 Å². The van der Waals surface area contributed by atoms with Crippen LogP contribution in [0.2, 0.25) is 0 Å². The van der Waals surface area contributed by atoms with Gasteiger partial charge >= 0.3 is 5.97 Å². The predicted molar refractivity (Wildman–Crippen MR) is 92.7 cm³/mol. The van der Waals surface area contributed by atoms with Gasteiger partial charge in [0.1, 0.15) is 0 Å². The number of benzene rings is 1. The van der Waals surface area contributed by atoms with Gasteiger partial charge in [0.2, 0.25) is 10.0 Å². The Labute approximate surface area is 147 Å². The Hall–Kier alpha value is -1.93. The zero-order valence-electron chi connectivity index (χ0n) is 14.4. The number of nitrogens with one attached hydrogen (secondary N) is 2. The fourth-order valence-corrected chi connectivity index (χ4v) is 4.13. The number of sulfonamides is 1. The second-order valence-corrected chi connectivity index (χ2v) is 8.19. The minimum Gasteiger partial charge on any atom is -0.481 e. The molecule has 7 nitrogen and oxygen atoms in total. The molecule has 1 aromatic rings. The first-order chi connectivity index (χ1) is 11.7. The summed E-state index contributed by atoms with van der Waals surface area (Å²) in [6.07, 6.45) is 2.29. The molecule has 0 spiro atoms. The molecule has 1 unspecified atom stereocenters. The summed E-state index contributed by atoms with van der Waals surface area (Å²) < 4.78 is 26.9. The van der Waals surface area contributed by atoms with Crippen molar-refractivity contribution >= 4 is 21.9 Å². The van der Waals surface area contributed by atoms with Crippen LogP contribution in [0.1, 0.15) is 49.9 Å². The Morgan fingerprint density at radius 2 is 1.88 bits per heavy atom. The fraction of sp³-hybridized carbons (Fsp3) is 0.529. The van der Waals surface area contributed by atoms with E-state index in [0.29, 0.717) is 31.2 Å². The topological polar surface area (TPSA) is 113 Å². The largest absolute Gasteiger partial charge is 0.481 e. The highest BCUT2D eigenvalue weighted by atomic mass is 32.2. The van der Waals surface area contributed by atoms with E-state index in [1.54, 1.807) is 6.92 Å². The molecule has 25 heavy (non-hydrogen) atoms. The van der Waals surface area contributed by atoms with Gasteiger partial charge in [-0.05, 0) is 56.9 Å². The predicted octanol–water partition coefficient (Wildman–Crippen LogP) is 1.75. The number of carboxylic acid groups (broad SMARTS) is 1. The molecule has 1 aromatic carbocycles. The van der Waals surface area contributed by atoms with Crippen molar-refractivity contribution in [1.82, 2.24) is 10.0 Å². The lowest BCUT2D eigenvalue weighted by atomic mass is 10.1. The van der Waals surface area contributed by atoms with Crippen LogP contribution in [0.4, 0.5) is 0 Å². The van der Waals surface area contributed by atoms with Crippen LogP contribution in [0.5, 0.6) is 0 Å². The monoisotopic (exact) mass is 368 g/mol. The highest BCUT2D eigenvalue weighted by Gasteiger charge is 2.30. The third-order valence-electron chi connectivity index (χ3n) is 4.51. The number of aliphatic carboxylic acids is 1. The van der Waals surface area contributed by atoms with Gasteiger partial charge in [0.15, 0.2) is 0 Å². The molecule has 8 heteroatoms. The number of carbonyl (C=O) groups excluding carboxylic acids is 1. The van der Waals surface area contributed by atoms with E-state index in [-0.39, 0.29) is 22.9 Å². The van der Waals surface area contributed by atoms with E-state index in [1.165, 1.54) is 24.3 Å². The van der Waals surface area contributed by atoms with Crippen molar-refractivity contribution in [2.24, 2.45) is 5.92 Å². The van der Waals surface area contributed by atoms with Crippen LogP contribution in [0.3, 0.4) is 0 Å². The quantitative estimate of drug-likeness (QED) is 0.679. The fourth-order valence-electron chi connectivity index (χ4n) is 2.81. The van der Waals surface area contributed by atoms with Gasteiger partial charge in [-0.15, -0.1) is 0 Å². The Balaban J connectivity index is 2.00. The van der Waals surface area contributed by atoms with E-state index >= 15 is 0 Å². The Bertz CT molecular complexity index is 730. The summed E-state index contributed by atoms with van der Waals surface area (Å²) in [7, 11) is -3.60. The van der Waals surface area contributed by atoms with Crippen LogP contribution in [-0.4, -0.2) is 37.5 Å². The summed E-state index contributed by atoms with van der Waals surface area (Å²) in [5.74, 6) is -1.57. The minimum absolute atomic E-state index is 0.108. The molecule has 0 aromatic heterocycles. The normalized spacial score (nSPS) is 21.7. The maximum absolute atomic E-state index is 12.2. The van der Waals surface area contributed by atoms with E-state index in [1.807, 2.05) is 6.92 Å². The Morgan fingerprint density at radius 1 is 1.24 bits per heavy atom. The van der Waals surface area contributed by atoms with Crippen LogP contribution < -0.4 is 10.0 Å².